The molecule has 1 fully saturated rings. The highest BCUT2D eigenvalue weighted by molar-refractivity contribution is 5.78. The van der Waals surface area contributed by atoms with Gasteiger partial charge in [0.1, 0.15) is 5.82 Å². The van der Waals surface area contributed by atoms with Gasteiger partial charge in [0.15, 0.2) is 0 Å². The summed E-state index contributed by atoms with van der Waals surface area (Å²) in [5.74, 6) is 0.708. The topological polar surface area (TPSA) is 80.4 Å². The largest absolute Gasteiger partial charge is 0.356 e. The van der Waals surface area contributed by atoms with Crippen molar-refractivity contribution in [3.05, 3.63) is 57.0 Å². The van der Waals surface area contributed by atoms with Gasteiger partial charge in [-0.1, -0.05) is 6.07 Å². The summed E-state index contributed by atoms with van der Waals surface area (Å²) < 4.78 is 2.99. The lowest BCUT2D eigenvalue weighted by molar-refractivity contribution is -0.130. The average molecular weight is 414 g/mol. The number of hydrogen-bond acceptors (Lipinski definition) is 5. The van der Waals surface area contributed by atoms with E-state index >= 15 is 0 Å². The Kier molecular flexibility index (Phi) is 6.74. The molecule has 2 aromatic heterocycles. The molecule has 0 aliphatic carbocycles. The van der Waals surface area contributed by atoms with Crippen LogP contribution in [0, 0.1) is 0 Å². The van der Waals surface area contributed by atoms with E-state index in [0.717, 1.165) is 12.0 Å². The number of anilines is 1. The number of aromatic nitrogens is 3. The van der Waals surface area contributed by atoms with Gasteiger partial charge in [0.2, 0.25) is 5.91 Å². The minimum Gasteiger partial charge on any atom is -0.356 e. The lowest BCUT2D eigenvalue weighted by atomic mass is 10.2. The first-order valence-corrected chi connectivity index (χ1v) is 10.6. The molecule has 1 saturated heterocycles. The maximum atomic E-state index is 13.0. The molecule has 0 aromatic carbocycles. The predicted molar refractivity (Wildman–Crippen MR) is 117 cm³/mol. The van der Waals surface area contributed by atoms with Crippen molar-refractivity contribution >= 4 is 11.7 Å². The van der Waals surface area contributed by atoms with Gasteiger partial charge in [0.05, 0.1) is 6.42 Å². The lowest BCUT2D eigenvalue weighted by Gasteiger charge is -2.28. The summed E-state index contributed by atoms with van der Waals surface area (Å²) in [6, 6.07) is 5.02. The number of pyridine rings is 1. The number of nitrogens with zero attached hydrogens (tertiary/aromatic N) is 5. The van der Waals surface area contributed by atoms with Gasteiger partial charge in [-0.05, 0) is 45.7 Å². The van der Waals surface area contributed by atoms with Crippen LogP contribution in [0.5, 0.6) is 0 Å². The van der Waals surface area contributed by atoms with Crippen molar-refractivity contribution in [2.75, 3.05) is 31.1 Å². The Balaban J connectivity index is 1.82. The van der Waals surface area contributed by atoms with Gasteiger partial charge in [0, 0.05) is 56.7 Å². The Morgan fingerprint density at radius 2 is 1.77 bits per heavy atom. The molecule has 1 aliphatic heterocycles. The summed E-state index contributed by atoms with van der Waals surface area (Å²) >= 11 is 0. The van der Waals surface area contributed by atoms with Crippen LogP contribution >= 0.6 is 0 Å². The Labute approximate surface area is 176 Å². The van der Waals surface area contributed by atoms with E-state index in [0.29, 0.717) is 38.4 Å². The van der Waals surface area contributed by atoms with Crippen LogP contribution in [0.25, 0.3) is 0 Å². The summed E-state index contributed by atoms with van der Waals surface area (Å²) in [7, 11) is 0. The summed E-state index contributed by atoms with van der Waals surface area (Å²) in [5, 5.41) is 0. The number of carbonyl (C=O) groups is 1. The van der Waals surface area contributed by atoms with Crippen molar-refractivity contribution in [2.24, 2.45) is 0 Å². The third-order valence-electron chi connectivity index (χ3n) is 5.43. The minimum absolute atomic E-state index is 0.0707. The van der Waals surface area contributed by atoms with Crippen molar-refractivity contribution < 1.29 is 4.79 Å². The van der Waals surface area contributed by atoms with Crippen molar-refractivity contribution in [3.8, 4) is 0 Å². The van der Waals surface area contributed by atoms with E-state index in [4.69, 9.17) is 0 Å². The van der Waals surface area contributed by atoms with Gasteiger partial charge in [-0.2, -0.15) is 0 Å². The Bertz CT molecular complexity index is 994. The van der Waals surface area contributed by atoms with E-state index < -0.39 is 0 Å². The van der Waals surface area contributed by atoms with E-state index in [1.54, 1.807) is 23.0 Å². The number of hydrogen-bond donors (Lipinski definition) is 0. The fourth-order valence-corrected chi connectivity index (χ4v) is 3.95. The summed E-state index contributed by atoms with van der Waals surface area (Å²) in [5.41, 5.74) is 0.335. The van der Waals surface area contributed by atoms with E-state index in [-0.39, 0.29) is 29.2 Å². The molecule has 0 bridgehead atoms. The van der Waals surface area contributed by atoms with Crippen molar-refractivity contribution in [2.45, 2.75) is 52.6 Å². The molecule has 8 nitrogen and oxygen atoms in total. The molecular formula is C22H31N5O3. The van der Waals surface area contributed by atoms with Crippen LogP contribution in [0.4, 0.5) is 5.82 Å². The fourth-order valence-electron chi connectivity index (χ4n) is 3.95. The molecule has 0 radical (unpaired) electrons. The SMILES string of the molecule is CC(C)n1c(N2CCCN(C(=O)Cc3cccnc3)CC2)cc(=O)n(C(C)C)c1=O. The smallest absolute Gasteiger partial charge is 0.333 e. The van der Waals surface area contributed by atoms with Gasteiger partial charge in [0.25, 0.3) is 5.56 Å². The summed E-state index contributed by atoms with van der Waals surface area (Å²) in [6.45, 7) is 10.0. The highest BCUT2D eigenvalue weighted by Gasteiger charge is 2.24. The molecule has 0 saturated carbocycles. The number of rotatable bonds is 5. The second-order valence-electron chi connectivity index (χ2n) is 8.31. The first-order valence-electron chi connectivity index (χ1n) is 10.6. The van der Waals surface area contributed by atoms with Crippen LogP contribution in [0.2, 0.25) is 0 Å². The van der Waals surface area contributed by atoms with Crippen molar-refractivity contribution in [3.63, 3.8) is 0 Å². The molecule has 0 unspecified atom stereocenters. The summed E-state index contributed by atoms with van der Waals surface area (Å²) in [6.07, 6.45) is 4.51. The molecule has 0 N–H and O–H groups in total. The van der Waals surface area contributed by atoms with Crippen LogP contribution in [-0.2, 0) is 11.2 Å². The number of carbonyl (C=O) groups excluding carboxylic acids is 1. The maximum absolute atomic E-state index is 13.0. The third kappa shape index (κ3) is 4.63. The Hall–Kier alpha value is -2.90. The molecule has 0 spiro atoms. The zero-order valence-electron chi connectivity index (χ0n) is 18.2. The second kappa shape index (κ2) is 9.28. The molecule has 2 aromatic rings. The van der Waals surface area contributed by atoms with Gasteiger partial charge in [-0.25, -0.2) is 4.79 Å². The van der Waals surface area contributed by atoms with Gasteiger partial charge in [-0.3, -0.25) is 23.7 Å². The van der Waals surface area contributed by atoms with E-state index in [1.807, 2.05) is 44.7 Å². The molecule has 162 valence electrons. The molecule has 1 amide bonds. The average Bonchev–Trinajstić information content (AvgIpc) is 2.94. The third-order valence-corrected chi connectivity index (χ3v) is 5.43. The molecule has 8 heteroatoms. The second-order valence-corrected chi connectivity index (χ2v) is 8.31. The molecule has 1 aliphatic rings. The van der Waals surface area contributed by atoms with Crippen LogP contribution in [0.15, 0.2) is 40.2 Å². The molecule has 0 atom stereocenters. The molecule has 30 heavy (non-hydrogen) atoms. The first kappa shape index (κ1) is 21.8. The fraction of sp³-hybridized carbons (Fsp3) is 0.545. The normalized spacial score (nSPS) is 15.0. The molecular weight excluding hydrogens is 382 g/mol. The van der Waals surface area contributed by atoms with E-state index in [1.165, 1.54) is 4.57 Å². The van der Waals surface area contributed by atoms with Crippen LogP contribution in [0.3, 0.4) is 0 Å². The van der Waals surface area contributed by atoms with E-state index in [2.05, 4.69) is 9.88 Å². The molecule has 3 rings (SSSR count). The highest BCUT2D eigenvalue weighted by Crippen LogP contribution is 2.18. The highest BCUT2D eigenvalue weighted by atomic mass is 16.2. The zero-order valence-corrected chi connectivity index (χ0v) is 18.2. The monoisotopic (exact) mass is 413 g/mol. The first-order chi connectivity index (χ1) is 14.3. The van der Waals surface area contributed by atoms with Crippen LogP contribution in [-0.4, -0.2) is 51.1 Å². The maximum Gasteiger partial charge on any atom is 0.333 e. The Morgan fingerprint density at radius 1 is 1.03 bits per heavy atom. The minimum atomic E-state index is -0.282. The quantitative estimate of drug-likeness (QED) is 0.747. The van der Waals surface area contributed by atoms with Crippen molar-refractivity contribution in [1.82, 2.24) is 19.0 Å². The van der Waals surface area contributed by atoms with Crippen LogP contribution in [0.1, 0.15) is 51.8 Å². The standard InChI is InChI=1S/C22H31N5O3/c1-16(2)26-19(14-21(29)27(17(3)4)22(26)30)24-9-6-10-25(12-11-24)20(28)13-18-7-5-8-23-15-18/h5,7-8,14-17H,6,9-13H2,1-4H3. The summed E-state index contributed by atoms with van der Waals surface area (Å²) in [4.78, 5) is 46.4. The lowest BCUT2D eigenvalue weighted by Crippen LogP contribution is -2.45. The van der Waals surface area contributed by atoms with Gasteiger partial charge < -0.3 is 9.80 Å². The predicted octanol–water partition coefficient (Wildman–Crippen LogP) is 1.85. The molecule has 3 heterocycles. The van der Waals surface area contributed by atoms with Crippen molar-refractivity contribution in [1.29, 1.82) is 0 Å². The van der Waals surface area contributed by atoms with E-state index in [9.17, 15) is 14.4 Å². The zero-order chi connectivity index (χ0) is 21.8. The van der Waals surface area contributed by atoms with Crippen LogP contribution < -0.4 is 16.1 Å². The number of amides is 1. The van der Waals surface area contributed by atoms with Gasteiger partial charge in [-0.15, -0.1) is 0 Å². The van der Waals surface area contributed by atoms with Gasteiger partial charge >= 0.3 is 5.69 Å². The Morgan fingerprint density at radius 3 is 2.40 bits per heavy atom.